The van der Waals surface area contributed by atoms with E-state index in [1.54, 1.807) is 0 Å². The maximum absolute atomic E-state index is 9.55. The number of carbonyl (C=O) groups is 2. The van der Waals surface area contributed by atoms with Crippen LogP contribution >= 0.6 is 0 Å². The van der Waals surface area contributed by atoms with E-state index >= 15 is 0 Å². The molecule has 0 aliphatic carbocycles. The topological polar surface area (TPSA) is 74.6 Å². The van der Waals surface area contributed by atoms with Crippen LogP contribution in [-0.2, 0) is 9.59 Å². The average Bonchev–Trinajstić information content (AvgIpc) is 2.40. The van der Waals surface area contributed by atoms with E-state index in [0.29, 0.717) is 12.2 Å². The van der Waals surface area contributed by atoms with E-state index < -0.39 is 11.9 Å². The molecule has 0 rings (SSSR count). The molecule has 0 radical (unpaired) electrons. The molecule has 0 saturated carbocycles. The lowest BCUT2D eigenvalue weighted by molar-refractivity contribution is -0.134. The lowest BCUT2D eigenvalue weighted by Gasteiger charge is -1.99. The van der Waals surface area contributed by atoms with Gasteiger partial charge in [0.25, 0.3) is 0 Å². The minimum atomic E-state index is -1.26. The van der Waals surface area contributed by atoms with Crippen LogP contribution in [0.15, 0.2) is 24.8 Å². The second-order valence-corrected chi connectivity index (χ2v) is 4.56. The highest BCUT2D eigenvalue weighted by Crippen LogP contribution is 2.09. The minimum Gasteiger partial charge on any atom is -0.478 e. The van der Waals surface area contributed by atoms with Gasteiger partial charge in [-0.3, -0.25) is 0 Å². The van der Waals surface area contributed by atoms with Crippen molar-refractivity contribution < 1.29 is 19.8 Å². The van der Waals surface area contributed by atoms with Gasteiger partial charge in [0.05, 0.1) is 0 Å². The number of hydrogen-bond acceptors (Lipinski definition) is 2. The van der Waals surface area contributed by atoms with Gasteiger partial charge >= 0.3 is 11.9 Å². The van der Waals surface area contributed by atoms with E-state index in [4.69, 9.17) is 10.2 Å². The average molecular weight is 284 g/mol. The highest BCUT2D eigenvalue weighted by atomic mass is 16.4. The fourth-order valence-electron chi connectivity index (χ4n) is 1.57. The van der Waals surface area contributed by atoms with Crippen molar-refractivity contribution >= 4 is 11.9 Å². The summed E-state index contributed by atoms with van der Waals surface area (Å²) >= 11 is 0. The summed E-state index contributed by atoms with van der Waals surface area (Å²) in [6, 6.07) is 0. The molecule has 0 saturated heterocycles. The number of carboxylic acids is 2. The van der Waals surface area contributed by atoms with Crippen LogP contribution in [0.5, 0.6) is 0 Å². The first kappa shape index (κ1) is 20.7. The summed E-state index contributed by atoms with van der Waals surface area (Å²) in [6.07, 6.45) is 15.6. The molecule has 0 fully saturated rings. The first-order chi connectivity index (χ1) is 9.54. The molecule has 0 aromatic rings. The Labute approximate surface area is 122 Å². The zero-order valence-corrected chi connectivity index (χ0v) is 12.5. The maximum atomic E-state index is 9.55. The zero-order valence-electron chi connectivity index (χ0n) is 12.5. The molecule has 0 aromatic heterocycles. The predicted octanol–water partition coefficient (Wildman–Crippen LogP) is 4.42. The highest BCUT2D eigenvalue weighted by molar-refractivity contribution is 5.89. The quantitative estimate of drug-likeness (QED) is 0.335. The summed E-state index contributed by atoms with van der Waals surface area (Å²) in [5.41, 5.74) is 0. The van der Waals surface area contributed by atoms with Gasteiger partial charge in [-0.25, -0.2) is 9.59 Å². The molecule has 20 heavy (non-hydrogen) atoms. The molecule has 0 heterocycles. The largest absolute Gasteiger partial charge is 0.478 e. The summed E-state index contributed by atoms with van der Waals surface area (Å²) in [5.74, 6) is -2.51. The molecule has 0 unspecified atom stereocenters. The van der Waals surface area contributed by atoms with Crippen molar-refractivity contribution in [1.29, 1.82) is 0 Å². The van der Waals surface area contributed by atoms with Crippen LogP contribution in [0, 0.1) is 0 Å². The highest BCUT2D eigenvalue weighted by Gasteiger charge is 1.89. The van der Waals surface area contributed by atoms with E-state index in [1.807, 2.05) is 6.08 Å². The van der Waals surface area contributed by atoms with Crippen LogP contribution in [0.4, 0.5) is 0 Å². The summed E-state index contributed by atoms with van der Waals surface area (Å²) in [6.45, 7) is 5.99. The fraction of sp³-hybridized carbons (Fsp3) is 0.625. The first-order valence-corrected chi connectivity index (χ1v) is 7.29. The number of hydrogen-bond donors (Lipinski definition) is 2. The molecule has 0 atom stereocenters. The summed E-state index contributed by atoms with van der Waals surface area (Å²) in [5, 5.41) is 15.6. The second kappa shape index (κ2) is 17.4. The molecule has 116 valence electrons. The third kappa shape index (κ3) is 25.3. The van der Waals surface area contributed by atoms with Crippen LogP contribution in [-0.4, -0.2) is 22.2 Å². The number of unbranched alkanes of at least 4 members (excludes halogenated alkanes) is 8. The van der Waals surface area contributed by atoms with E-state index in [1.165, 1.54) is 57.8 Å². The van der Waals surface area contributed by atoms with Crippen LogP contribution in [0.25, 0.3) is 0 Å². The number of aliphatic carboxylic acids is 2. The van der Waals surface area contributed by atoms with E-state index in [-0.39, 0.29) is 0 Å². The molecular weight excluding hydrogens is 256 g/mol. The standard InChI is InChI=1S/C12H24.C4H4O4/c1-3-5-7-9-11-12-10-8-6-4-2;5-3(6)1-2-4(7)8/h3H,1,4-12H2,2H3;1-2H,(H,5,6)(H,7,8)/b;2-1-. The SMILES string of the molecule is C=CCCCCCCCCCC.O=C(O)/C=C\C(=O)O. The van der Waals surface area contributed by atoms with Crippen molar-refractivity contribution in [2.45, 2.75) is 64.7 Å². The zero-order chi connectivity index (χ0) is 15.6. The van der Waals surface area contributed by atoms with Crippen LogP contribution in [0.1, 0.15) is 64.7 Å². The Morgan fingerprint density at radius 1 is 0.850 bits per heavy atom. The lowest BCUT2D eigenvalue weighted by Crippen LogP contribution is -1.91. The van der Waals surface area contributed by atoms with E-state index in [0.717, 1.165) is 0 Å². The number of rotatable bonds is 11. The van der Waals surface area contributed by atoms with Gasteiger partial charge in [-0.05, 0) is 12.8 Å². The Bertz CT molecular complexity index is 266. The number of allylic oxidation sites excluding steroid dienone is 1. The van der Waals surface area contributed by atoms with Gasteiger partial charge in [0.2, 0.25) is 0 Å². The monoisotopic (exact) mass is 284 g/mol. The van der Waals surface area contributed by atoms with Crippen molar-refractivity contribution in [3.8, 4) is 0 Å². The molecule has 4 heteroatoms. The first-order valence-electron chi connectivity index (χ1n) is 7.29. The van der Waals surface area contributed by atoms with Gasteiger partial charge in [0.1, 0.15) is 0 Å². The third-order valence-electron chi connectivity index (χ3n) is 2.63. The number of carboxylic acid groups (broad SMARTS) is 2. The van der Waals surface area contributed by atoms with Gasteiger partial charge in [0, 0.05) is 12.2 Å². The Morgan fingerprint density at radius 2 is 1.25 bits per heavy atom. The Balaban J connectivity index is 0. The third-order valence-corrected chi connectivity index (χ3v) is 2.63. The minimum absolute atomic E-state index is 0.558. The maximum Gasteiger partial charge on any atom is 0.328 e. The molecule has 0 aliphatic heterocycles. The van der Waals surface area contributed by atoms with Gasteiger partial charge in [-0.1, -0.05) is 57.9 Å². The van der Waals surface area contributed by atoms with E-state index in [9.17, 15) is 9.59 Å². The van der Waals surface area contributed by atoms with Crippen LogP contribution in [0.3, 0.4) is 0 Å². The van der Waals surface area contributed by atoms with Crippen molar-refractivity contribution in [1.82, 2.24) is 0 Å². The Hall–Kier alpha value is -1.58. The van der Waals surface area contributed by atoms with Gasteiger partial charge in [-0.15, -0.1) is 6.58 Å². The van der Waals surface area contributed by atoms with Gasteiger partial charge in [-0.2, -0.15) is 0 Å². The molecular formula is C16H28O4. The summed E-state index contributed by atoms with van der Waals surface area (Å²) in [7, 11) is 0. The van der Waals surface area contributed by atoms with Crippen molar-refractivity contribution in [2.75, 3.05) is 0 Å². The molecule has 0 amide bonds. The molecule has 0 bridgehead atoms. The molecule has 0 aliphatic rings. The molecule has 2 N–H and O–H groups in total. The lowest BCUT2D eigenvalue weighted by atomic mass is 10.1. The van der Waals surface area contributed by atoms with Crippen molar-refractivity contribution in [2.24, 2.45) is 0 Å². The van der Waals surface area contributed by atoms with Crippen molar-refractivity contribution in [3.63, 3.8) is 0 Å². The molecule has 4 nitrogen and oxygen atoms in total. The molecule has 0 aromatic carbocycles. The summed E-state index contributed by atoms with van der Waals surface area (Å²) < 4.78 is 0. The predicted molar refractivity (Wildman–Crippen MR) is 81.8 cm³/mol. The smallest absolute Gasteiger partial charge is 0.328 e. The fourth-order valence-corrected chi connectivity index (χ4v) is 1.57. The Kier molecular flexibility index (Phi) is 18.1. The van der Waals surface area contributed by atoms with Crippen LogP contribution in [0.2, 0.25) is 0 Å². The summed E-state index contributed by atoms with van der Waals surface area (Å²) in [4.78, 5) is 19.1. The normalized spacial score (nSPS) is 9.85. The second-order valence-electron chi connectivity index (χ2n) is 4.56. The Morgan fingerprint density at radius 3 is 1.60 bits per heavy atom. The molecule has 0 spiro atoms. The van der Waals surface area contributed by atoms with Crippen molar-refractivity contribution in [3.05, 3.63) is 24.8 Å². The van der Waals surface area contributed by atoms with E-state index in [2.05, 4.69) is 13.5 Å². The van der Waals surface area contributed by atoms with Crippen LogP contribution < -0.4 is 0 Å². The van der Waals surface area contributed by atoms with Gasteiger partial charge in [0.15, 0.2) is 0 Å². The van der Waals surface area contributed by atoms with Gasteiger partial charge < -0.3 is 10.2 Å².